The predicted octanol–water partition coefficient (Wildman–Crippen LogP) is 8.78. The van der Waals surface area contributed by atoms with Crippen molar-refractivity contribution in [2.45, 2.75) is 104 Å². The number of hydrogen-bond donors (Lipinski definition) is 0. The van der Waals surface area contributed by atoms with Crippen molar-refractivity contribution in [3.63, 3.8) is 0 Å². The van der Waals surface area contributed by atoms with Crippen molar-refractivity contribution in [1.29, 1.82) is 5.26 Å². The van der Waals surface area contributed by atoms with Crippen LogP contribution in [-0.4, -0.2) is 4.98 Å². The Morgan fingerprint density at radius 3 is 2.19 bits per heavy atom. The van der Waals surface area contributed by atoms with E-state index in [-0.39, 0.29) is 0 Å². The van der Waals surface area contributed by atoms with Crippen LogP contribution in [0.5, 0.6) is 0 Å². The minimum absolute atomic E-state index is 0.550. The number of fused-ring (bicyclic) bond motifs is 1. The van der Waals surface area contributed by atoms with Crippen molar-refractivity contribution in [3.05, 3.63) is 87.7 Å². The molecule has 188 valence electrons. The molecule has 0 fully saturated rings. The zero-order valence-electron chi connectivity index (χ0n) is 22.8. The minimum atomic E-state index is -0.550. The first-order valence-electron chi connectivity index (χ1n) is 14.1. The molecule has 1 aromatic heterocycles. The molecule has 1 heterocycles. The Hall–Kier alpha value is -2.92. The Balaban J connectivity index is 1.93. The highest BCUT2D eigenvalue weighted by atomic mass is 14.8. The molecule has 0 bridgehead atoms. The molecule has 0 unspecified atom stereocenters. The largest absolute Gasteiger partial charge is 0.256 e. The van der Waals surface area contributed by atoms with E-state index in [4.69, 9.17) is 4.98 Å². The number of aryl methyl sites for hydroxylation is 3. The Labute approximate surface area is 218 Å². The van der Waals surface area contributed by atoms with Crippen LogP contribution in [0.1, 0.15) is 98.0 Å². The number of nitriles is 1. The first-order chi connectivity index (χ1) is 17.5. The molecule has 0 N–H and O–H groups in total. The van der Waals surface area contributed by atoms with E-state index in [0.717, 1.165) is 44.2 Å². The standard InChI is InChI=1S/C34H42N2/c1-5-7-10-16-29-31(17-11-8-6-2)36-33-30(32(29)28-21-25(3)20-26(4)22-28)18-19-34(33,24-35)23-27-14-12-9-13-15-27/h9,12-15,20-22H,5-8,10-11,16-19,23H2,1-4H3/t34-/m0/s1. The van der Waals surface area contributed by atoms with Gasteiger partial charge in [0.15, 0.2) is 0 Å². The predicted molar refractivity (Wildman–Crippen MR) is 151 cm³/mol. The second-order valence-electron chi connectivity index (χ2n) is 10.9. The van der Waals surface area contributed by atoms with Gasteiger partial charge in [0.25, 0.3) is 0 Å². The fraction of sp³-hybridized carbons (Fsp3) is 0.471. The van der Waals surface area contributed by atoms with Gasteiger partial charge in [-0.15, -0.1) is 0 Å². The van der Waals surface area contributed by atoms with Gasteiger partial charge in [0.2, 0.25) is 0 Å². The average molecular weight is 479 g/mol. The summed E-state index contributed by atoms with van der Waals surface area (Å²) in [5, 5.41) is 10.6. The Morgan fingerprint density at radius 2 is 1.56 bits per heavy atom. The van der Waals surface area contributed by atoms with Crippen LogP contribution in [-0.2, 0) is 31.1 Å². The normalized spacial score (nSPS) is 16.6. The van der Waals surface area contributed by atoms with Crippen LogP contribution >= 0.6 is 0 Å². The first kappa shape index (κ1) is 26.2. The summed E-state index contributed by atoms with van der Waals surface area (Å²) in [6, 6.07) is 20.3. The fourth-order valence-corrected chi connectivity index (χ4v) is 6.11. The van der Waals surface area contributed by atoms with Crippen LogP contribution in [0.15, 0.2) is 48.5 Å². The smallest absolute Gasteiger partial charge is 0.104 e. The maximum absolute atomic E-state index is 10.6. The molecule has 0 aliphatic heterocycles. The van der Waals surface area contributed by atoms with Crippen LogP contribution in [0, 0.1) is 25.2 Å². The zero-order valence-corrected chi connectivity index (χ0v) is 22.8. The molecule has 3 aromatic rings. The maximum Gasteiger partial charge on any atom is 0.104 e. The van der Waals surface area contributed by atoms with Gasteiger partial charge in [0.1, 0.15) is 5.41 Å². The molecule has 0 spiro atoms. The summed E-state index contributed by atoms with van der Waals surface area (Å²) in [6.07, 6.45) is 11.9. The highest BCUT2D eigenvalue weighted by Gasteiger charge is 2.43. The van der Waals surface area contributed by atoms with E-state index in [2.05, 4.69) is 82.3 Å². The van der Waals surface area contributed by atoms with E-state index < -0.39 is 5.41 Å². The summed E-state index contributed by atoms with van der Waals surface area (Å²) >= 11 is 0. The van der Waals surface area contributed by atoms with Crippen molar-refractivity contribution < 1.29 is 0 Å². The monoisotopic (exact) mass is 478 g/mol. The third kappa shape index (κ3) is 5.57. The van der Waals surface area contributed by atoms with Crippen molar-refractivity contribution >= 4 is 0 Å². The van der Waals surface area contributed by atoms with Gasteiger partial charge in [-0.25, -0.2) is 0 Å². The Morgan fingerprint density at radius 1 is 0.889 bits per heavy atom. The number of rotatable bonds is 11. The van der Waals surface area contributed by atoms with Gasteiger partial charge in [-0.3, -0.25) is 4.98 Å². The van der Waals surface area contributed by atoms with Crippen molar-refractivity contribution in [1.82, 2.24) is 4.98 Å². The lowest BCUT2D eigenvalue weighted by atomic mass is 9.79. The van der Waals surface area contributed by atoms with Gasteiger partial charge in [-0.05, 0) is 86.6 Å². The number of aromatic nitrogens is 1. The molecule has 36 heavy (non-hydrogen) atoms. The molecule has 1 aliphatic rings. The molecule has 4 rings (SSSR count). The highest BCUT2D eigenvalue weighted by molar-refractivity contribution is 5.75. The topological polar surface area (TPSA) is 36.7 Å². The van der Waals surface area contributed by atoms with E-state index in [1.165, 1.54) is 76.7 Å². The number of hydrogen-bond acceptors (Lipinski definition) is 2. The van der Waals surface area contributed by atoms with Crippen LogP contribution < -0.4 is 0 Å². The average Bonchev–Trinajstić information content (AvgIpc) is 3.22. The van der Waals surface area contributed by atoms with Crippen LogP contribution in [0.3, 0.4) is 0 Å². The SMILES string of the molecule is CCCCCc1nc2c(c(-c3cc(C)cc(C)c3)c1CCCCC)CC[C@@]2(C#N)Cc1ccccc1. The summed E-state index contributed by atoms with van der Waals surface area (Å²) in [5.74, 6) is 0. The van der Waals surface area contributed by atoms with Crippen LogP contribution in [0.4, 0.5) is 0 Å². The molecule has 1 atom stereocenters. The second-order valence-corrected chi connectivity index (χ2v) is 10.9. The number of nitrogens with zero attached hydrogens (tertiary/aromatic N) is 2. The fourth-order valence-electron chi connectivity index (χ4n) is 6.11. The molecule has 2 aromatic carbocycles. The van der Waals surface area contributed by atoms with Gasteiger partial charge >= 0.3 is 0 Å². The van der Waals surface area contributed by atoms with E-state index in [9.17, 15) is 5.26 Å². The lowest BCUT2D eigenvalue weighted by Crippen LogP contribution is -2.26. The van der Waals surface area contributed by atoms with Gasteiger partial charge < -0.3 is 0 Å². The van der Waals surface area contributed by atoms with Crippen molar-refractivity contribution in [2.75, 3.05) is 0 Å². The highest BCUT2D eigenvalue weighted by Crippen LogP contribution is 2.46. The second kappa shape index (κ2) is 11.9. The Kier molecular flexibility index (Phi) is 8.63. The van der Waals surface area contributed by atoms with Gasteiger partial charge in [0.05, 0.1) is 11.8 Å². The third-order valence-corrected chi connectivity index (χ3v) is 7.86. The molecule has 2 nitrogen and oxygen atoms in total. The molecule has 1 aliphatic carbocycles. The summed E-state index contributed by atoms with van der Waals surface area (Å²) in [5.41, 5.74) is 11.1. The number of pyridine rings is 1. The quantitative estimate of drug-likeness (QED) is 0.258. The summed E-state index contributed by atoms with van der Waals surface area (Å²) in [6.45, 7) is 8.94. The summed E-state index contributed by atoms with van der Waals surface area (Å²) < 4.78 is 0. The maximum atomic E-state index is 10.6. The summed E-state index contributed by atoms with van der Waals surface area (Å²) in [4.78, 5) is 5.43. The van der Waals surface area contributed by atoms with Gasteiger partial charge in [-0.1, -0.05) is 99.2 Å². The number of unbranched alkanes of at least 4 members (excludes halogenated alkanes) is 4. The minimum Gasteiger partial charge on any atom is -0.256 e. The molecular formula is C34H42N2. The van der Waals surface area contributed by atoms with Crippen molar-refractivity contribution in [2.24, 2.45) is 0 Å². The summed E-state index contributed by atoms with van der Waals surface area (Å²) in [7, 11) is 0. The zero-order chi connectivity index (χ0) is 25.5. The van der Waals surface area contributed by atoms with Crippen LogP contribution in [0.25, 0.3) is 11.1 Å². The van der Waals surface area contributed by atoms with Gasteiger partial charge in [-0.2, -0.15) is 5.26 Å². The van der Waals surface area contributed by atoms with Crippen LogP contribution in [0.2, 0.25) is 0 Å². The van der Waals surface area contributed by atoms with E-state index in [1.807, 2.05) is 0 Å². The van der Waals surface area contributed by atoms with E-state index >= 15 is 0 Å². The van der Waals surface area contributed by atoms with E-state index in [1.54, 1.807) is 0 Å². The van der Waals surface area contributed by atoms with Crippen molar-refractivity contribution in [3.8, 4) is 17.2 Å². The molecule has 0 radical (unpaired) electrons. The molecule has 0 amide bonds. The molecular weight excluding hydrogens is 436 g/mol. The lowest BCUT2D eigenvalue weighted by Gasteiger charge is -2.25. The third-order valence-electron chi connectivity index (χ3n) is 7.86. The first-order valence-corrected chi connectivity index (χ1v) is 14.1. The molecule has 0 saturated carbocycles. The van der Waals surface area contributed by atoms with Gasteiger partial charge in [0, 0.05) is 5.69 Å². The lowest BCUT2D eigenvalue weighted by molar-refractivity contribution is 0.526. The molecule has 0 saturated heterocycles. The van der Waals surface area contributed by atoms with E-state index in [0.29, 0.717) is 0 Å². The Bertz CT molecular complexity index is 1200. The molecule has 2 heteroatoms. The number of benzene rings is 2.